The molecule has 146 valence electrons. The molecule has 0 atom stereocenters. The molecule has 9 nitrogen and oxygen atoms in total. The maximum absolute atomic E-state index is 12.3. The fraction of sp³-hybridized carbons (Fsp3) is 0.368. The Balaban J connectivity index is 1.77. The lowest BCUT2D eigenvalue weighted by Crippen LogP contribution is -2.26. The van der Waals surface area contributed by atoms with Gasteiger partial charge in [-0.15, -0.1) is 0 Å². The number of aromatic nitrogens is 5. The molecule has 1 aliphatic rings. The fourth-order valence-electron chi connectivity index (χ4n) is 3.22. The van der Waals surface area contributed by atoms with Crippen molar-refractivity contribution in [3.8, 4) is 23.0 Å². The van der Waals surface area contributed by atoms with Crippen molar-refractivity contribution in [2.24, 2.45) is 0 Å². The van der Waals surface area contributed by atoms with Crippen LogP contribution < -0.4 is 10.1 Å². The zero-order valence-corrected chi connectivity index (χ0v) is 15.8. The minimum atomic E-state index is -0.248. The van der Waals surface area contributed by atoms with Crippen molar-refractivity contribution in [3.63, 3.8) is 0 Å². The third-order valence-corrected chi connectivity index (χ3v) is 4.56. The molecule has 0 aliphatic carbocycles. The summed E-state index contributed by atoms with van der Waals surface area (Å²) >= 11 is 0. The number of aliphatic hydroxyl groups is 1. The van der Waals surface area contributed by atoms with E-state index in [0.717, 1.165) is 16.8 Å². The van der Waals surface area contributed by atoms with E-state index in [1.165, 1.54) is 6.33 Å². The number of aliphatic hydroxyl groups excluding tert-OH is 1. The fourth-order valence-corrected chi connectivity index (χ4v) is 3.22. The highest BCUT2D eigenvalue weighted by atomic mass is 16.5. The minimum Gasteiger partial charge on any atom is -0.493 e. The molecule has 2 N–H and O–H groups in total. The third-order valence-electron chi connectivity index (χ3n) is 4.56. The Morgan fingerprint density at radius 3 is 3.04 bits per heavy atom. The molecule has 1 aliphatic heterocycles. The molecule has 0 spiro atoms. The van der Waals surface area contributed by atoms with Crippen LogP contribution in [0.2, 0.25) is 0 Å². The zero-order valence-electron chi connectivity index (χ0n) is 15.8. The van der Waals surface area contributed by atoms with Gasteiger partial charge in [-0.05, 0) is 32.0 Å². The molecule has 1 aromatic carbocycles. The second-order valence-electron chi connectivity index (χ2n) is 6.83. The van der Waals surface area contributed by atoms with Crippen molar-refractivity contribution in [1.29, 1.82) is 0 Å². The van der Waals surface area contributed by atoms with Crippen LogP contribution in [0.5, 0.6) is 5.75 Å². The van der Waals surface area contributed by atoms with Crippen molar-refractivity contribution in [2.75, 3.05) is 19.8 Å². The van der Waals surface area contributed by atoms with Gasteiger partial charge in [-0.1, -0.05) is 0 Å². The van der Waals surface area contributed by atoms with Crippen molar-refractivity contribution < 1.29 is 14.6 Å². The number of nitrogens with one attached hydrogen (secondary N) is 1. The van der Waals surface area contributed by atoms with Gasteiger partial charge in [0.15, 0.2) is 0 Å². The van der Waals surface area contributed by atoms with E-state index in [2.05, 4.69) is 15.4 Å². The highest BCUT2D eigenvalue weighted by molar-refractivity contribution is 5.96. The van der Waals surface area contributed by atoms with Crippen LogP contribution in [0.3, 0.4) is 0 Å². The van der Waals surface area contributed by atoms with E-state index in [4.69, 9.17) is 14.9 Å². The van der Waals surface area contributed by atoms with E-state index in [-0.39, 0.29) is 25.1 Å². The number of hydrogen-bond acceptors (Lipinski definition) is 6. The quantitative estimate of drug-likeness (QED) is 0.690. The molecular formula is C19H22N6O3. The summed E-state index contributed by atoms with van der Waals surface area (Å²) in [5, 5.41) is 20.6. The van der Waals surface area contributed by atoms with Crippen molar-refractivity contribution in [3.05, 3.63) is 41.9 Å². The molecule has 0 bridgehead atoms. The molecule has 1 amide bonds. The first-order valence-corrected chi connectivity index (χ1v) is 9.23. The first kappa shape index (κ1) is 18.2. The van der Waals surface area contributed by atoms with Crippen molar-refractivity contribution in [2.45, 2.75) is 26.3 Å². The normalized spacial score (nSPS) is 12.9. The molecular weight excluding hydrogens is 360 g/mol. The van der Waals surface area contributed by atoms with E-state index in [1.807, 2.05) is 24.7 Å². The lowest BCUT2D eigenvalue weighted by Gasteiger charge is -2.10. The third kappa shape index (κ3) is 3.24. The van der Waals surface area contributed by atoms with Crippen LogP contribution in [-0.4, -0.2) is 55.3 Å². The first-order chi connectivity index (χ1) is 13.6. The second kappa shape index (κ2) is 7.43. The SMILES string of the molecule is CC(C)n1ncnc1-n1cc2c(n1)-c1cc(C(=O)NCCO)ccc1OCC2. The summed E-state index contributed by atoms with van der Waals surface area (Å²) in [6.07, 6.45) is 4.16. The summed E-state index contributed by atoms with van der Waals surface area (Å²) in [7, 11) is 0. The second-order valence-corrected chi connectivity index (χ2v) is 6.83. The Kier molecular flexibility index (Phi) is 4.82. The van der Waals surface area contributed by atoms with E-state index in [1.54, 1.807) is 22.9 Å². The Bertz CT molecular complexity index is 1010. The monoisotopic (exact) mass is 382 g/mol. The number of benzene rings is 1. The molecule has 0 radical (unpaired) electrons. The van der Waals surface area contributed by atoms with Gasteiger partial charge in [0.1, 0.15) is 12.1 Å². The van der Waals surface area contributed by atoms with Crippen LogP contribution in [-0.2, 0) is 6.42 Å². The van der Waals surface area contributed by atoms with Gasteiger partial charge in [0.25, 0.3) is 5.91 Å². The summed E-state index contributed by atoms with van der Waals surface area (Å²) in [5.74, 6) is 1.08. The number of carbonyl (C=O) groups is 1. The highest BCUT2D eigenvalue weighted by Crippen LogP contribution is 2.35. The van der Waals surface area contributed by atoms with Crippen LogP contribution in [0.25, 0.3) is 17.2 Å². The van der Waals surface area contributed by atoms with Crippen molar-refractivity contribution >= 4 is 5.91 Å². The van der Waals surface area contributed by atoms with Gasteiger partial charge in [0, 0.05) is 35.9 Å². The van der Waals surface area contributed by atoms with Gasteiger partial charge in [0.2, 0.25) is 5.95 Å². The molecule has 9 heteroatoms. The predicted octanol–water partition coefficient (Wildman–Crippen LogP) is 1.37. The first-order valence-electron chi connectivity index (χ1n) is 9.23. The van der Waals surface area contributed by atoms with Gasteiger partial charge in [0.05, 0.1) is 24.9 Å². The van der Waals surface area contributed by atoms with Crippen LogP contribution in [0.1, 0.15) is 35.8 Å². The highest BCUT2D eigenvalue weighted by Gasteiger charge is 2.23. The van der Waals surface area contributed by atoms with Crippen LogP contribution >= 0.6 is 0 Å². The van der Waals surface area contributed by atoms with Gasteiger partial charge >= 0.3 is 0 Å². The molecule has 28 heavy (non-hydrogen) atoms. The number of fused-ring (bicyclic) bond motifs is 3. The Labute approximate surface area is 162 Å². The number of nitrogens with zero attached hydrogens (tertiary/aromatic N) is 5. The molecule has 3 aromatic rings. The Morgan fingerprint density at radius 1 is 1.39 bits per heavy atom. The van der Waals surface area contributed by atoms with Gasteiger partial charge in [-0.25, -0.2) is 9.36 Å². The molecule has 0 saturated carbocycles. The minimum absolute atomic E-state index is 0.106. The lowest BCUT2D eigenvalue weighted by molar-refractivity contribution is 0.0945. The summed E-state index contributed by atoms with van der Waals surface area (Å²) in [6, 6.07) is 5.42. The summed E-state index contributed by atoms with van der Waals surface area (Å²) in [6.45, 7) is 4.70. The molecule has 4 rings (SSSR count). The topological polar surface area (TPSA) is 107 Å². The standard InChI is InChI=1S/C19H22N6O3/c1-12(2)25-19(21-11-22-25)24-10-14-5-8-28-16-4-3-13(18(27)20-6-7-26)9-15(16)17(14)23-24/h3-4,9-12,26H,5-8H2,1-2H3,(H,20,27). The largest absolute Gasteiger partial charge is 0.493 e. The predicted molar refractivity (Wildman–Crippen MR) is 102 cm³/mol. The Hall–Kier alpha value is -3.20. The summed E-state index contributed by atoms with van der Waals surface area (Å²) in [5.41, 5.74) is 3.04. The number of hydrogen-bond donors (Lipinski definition) is 2. The summed E-state index contributed by atoms with van der Waals surface area (Å²) < 4.78 is 9.38. The zero-order chi connectivity index (χ0) is 19.7. The number of carbonyl (C=O) groups excluding carboxylic acids is 1. The average Bonchev–Trinajstić information content (AvgIpc) is 3.30. The summed E-state index contributed by atoms with van der Waals surface area (Å²) in [4.78, 5) is 16.6. The lowest BCUT2D eigenvalue weighted by atomic mass is 10.0. The molecule has 3 heterocycles. The van der Waals surface area contributed by atoms with Gasteiger partial charge in [-0.3, -0.25) is 4.79 Å². The van der Waals surface area contributed by atoms with E-state index in [0.29, 0.717) is 30.3 Å². The maximum atomic E-state index is 12.3. The molecule has 0 saturated heterocycles. The van der Waals surface area contributed by atoms with Crippen LogP contribution in [0, 0.1) is 0 Å². The van der Waals surface area contributed by atoms with E-state index >= 15 is 0 Å². The van der Waals surface area contributed by atoms with Crippen molar-refractivity contribution in [1.82, 2.24) is 29.9 Å². The van der Waals surface area contributed by atoms with Gasteiger partial charge < -0.3 is 15.2 Å². The van der Waals surface area contributed by atoms with E-state index in [9.17, 15) is 4.79 Å². The molecule has 0 unspecified atom stereocenters. The number of ether oxygens (including phenoxy) is 1. The molecule has 0 fully saturated rings. The maximum Gasteiger partial charge on any atom is 0.251 e. The smallest absolute Gasteiger partial charge is 0.251 e. The number of amides is 1. The average molecular weight is 382 g/mol. The number of rotatable bonds is 5. The Morgan fingerprint density at radius 2 is 2.25 bits per heavy atom. The van der Waals surface area contributed by atoms with Gasteiger partial charge in [-0.2, -0.15) is 15.2 Å². The van der Waals surface area contributed by atoms with E-state index < -0.39 is 0 Å². The van der Waals surface area contributed by atoms with Crippen LogP contribution in [0.15, 0.2) is 30.7 Å². The molecule has 2 aromatic heterocycles. The van der Waals surface area contributed by atoms with Crippen LogP contribution in [0.4, 0.5) is 0 Å².